The quantitative estimate of drug-likeness (QED) is 0.841. The van der Waals surface area contributed by atoms with Crippen molar-refractivity contribution in [3.05, 3.63) is 28.7 Å². The lowest BCUT2D eigenvalue weighted by Gasteiger charge is -2.14. The minimum absolute atomic E-state index is 0.101. The van der Waals surface area contributed by atoms with Crippen LogP contribution in [0.4, 0.5) is 0 Å². The summed E-state index contributed by atoms with van der Waals surface area (Å²) in [6.45, 7) is 8.03. The van der Waals surface area contributed by atoms with Crippen LogP contribution in [-0.4, -0.2) is 15.3 Å². The zero-order valence-electron chi connectivity index (χ0n) is 11.5. The lowest BCUT2D eigenvalue weighted by Crippen LogP contribution is -2.10. The molecule has 0 bridgehead atoms. The summed E-state index contributed by atoms with van der Waals surface area (Å²) in [5.41, 5.74) is 1.07. The van der Waals surface area contributed by atoms with Gasteiger partial charge in [0.25, 0.3) is 0 Å². The van der Waals surface area contributed by atoms with E-state index in [1.165, 1.54) is 0 Å². The fourth-order valence-corrected chi connectivity index (χ4v) is 1.73. The Kier molecular flexibility index (Phi) is 3.38. The normalized spacial score (nSPS) is 11.5. The third-order valence-electron chi connectivity index (χ3n) is 2.56. The van der Waals surface area contributed by atoms with Crippen molar-refractivity contribution in [2.45, 2.75) is 40.5 Å². The Morgan fingerprint density at radius 2 is 1.95 bits per heavy atom. The van der Waals surface area contributed by atoms with Crippen LogP contribution in [0.5, 0.6) is 0 Å². The van der Waals surface area contributed by atoms with Gasteiger partial charge in [-0.2, -0.15) is 10.2 Å². The predicted molar refractivity (Wildman–Crippen MR) is 66.2 cm³/mol. The number of rotatable bonds is 3. The van der Waals surface area contributed by atoms with Gasteiger partial charge in [-0.1, -0.05) is 31.1 Å². The molecule has 0 saturated carbocycles. The topological polar surface area (TPSA) is 88.7 Å². The van der Waals surface area contributed by atoms with E-state index in [4.69, 9.17) is 14.3 Å². The van der Waals surface area contributed by atoms with Crippen molar-refractivity contribution in [3.8, 4) is 6.07 Å². The molecule has 19 heavy (non-hydrogen) atoms. The molecule has 0 radical (unpaired) electrons. The summed E-state index contributed by atoms with van der Waals surface area (Å²) in [7, 11) is 0. The number of aryl methyl sites for hydroxylation is 1. The fraction of sp³-hybridized carbons (Fsp3) is 0.538. The molecule has 2 heterocycles. The minimum Gasteiger partial charge on any atom is -0.360 e. The van der Waals surface area contributed by atoms with Crippen LogP contribution in [-0.2, 0) is 12.8 Å². The number of aromatic nitrogens is 3. The largest absolute Gasteiger partial charge is 0.360 e. The number of hydrogen-bond donors (Lipinski definition) is 0. The Morgan fingerprint density at radius 1 is 1.21 bits per heavy atom. The molecule has 6 heteroatoms. The van der Waals surface area contributed by atoms with Crippen molar-refractivity contribution in [1.29, 1.82) is 5.26 Å². The highest BCUT2D eigenvalue weighted by Gasteiger charge is 2.19. The monoisotopic (exact) mass is 260 g/mol. The van der Waals surface area contributed by atoms with Gasteiger partial charge in [0, 0.05) is 6.42 Å². The summed E-state index contributed by atoms with van der Waals surface area (Å²) >= 11 is 0. The Balaban J connectivity index is 2.14. The maximum absolute atomic E-state index is 9.01. The molecular formula is C13H16N4O2. The van der Waals surface area contributed by atoms with Crippen LogP contribution >= 0.6 is 0 Å². The van der Waals surface area contributed by atoms with Crippen LogP contribution < -0.4 is 0 Å². The summed E-state index contributed by atoms with van der Waals surface area (Å²) in [6, 6.07) is 2.06. The second kappa shape index (κ2) is 4.84. The number of hydrogen-bond acceptors (Lipinski definition) is 6. The van der Waals surface area contributed by atoms with Gasteiger partial charge >= 0.3 is 0 Å². The van der Waals surface area contributed by atoms with Gasteiger partial charge in [0.05, 0.1) is 6.42 Å². The average molecular weight is 260 g/mol. The minimum atomic E-state index is 0.101. The number of nitriles is 1. The van der Waals surface area contributed by atoms with Crippen LogP contribution in [0, 0.1) is 23.7 Å². The van der Waals surface area contributed by atoms with E-state index in [1.54, 1.807) is 6.92 Å². The molecule has 2 aromatic rings. The van der Waals surface area contributed by atoms with E-state index >= 15 is 0 Å². The summed E-state index contributed by atoms with van der Waals surface area (Å²) in [5, 5.41) is 16.8. The van der Waals surface area contributed by atoms with E-state index in [0.29, 0.717) is 35.2 Å². The number of nitrogens with zero attached hydrogens (tertiary/aromatic N) is 4. The molecule has 0 N–H and O–H groups in total. The van der Waals surface area contributed by atoms with Crippen molar-refractivity contribution in [2.24, 2.45) is 5.41 Å². The van der Waals surface area contributed by atoms with Gasteiger partial charge in [0.15, 0.2) is 11.6 Å². The Hall–Kier alpha value is -2.16. The fourth-order valence-electron chi connectivity index (χ4n) is 1.73. The Morgan fingerprint density at radius 3 is 2.58 bits per heavy atom. The van der Waals surface area contributed by atoms with Gasteiger partial charge in [0.2, 0.25) is 5.89 Å². The standard InChI is InChI=1S/C13H16N4O2/c1-8-9(7-14)10(16-18-8)5-12-15-11(17-19-12)6-13(2,3)4/h5-6H2,1-4H3. The lowest BCUT2D eigenvalue weighted by molar-refractivity contribution is 0.354. The maximum Gasteiger partial charge on any atom is 0.232 e. The zero-order valence-corrected chi connectivity index (χ0v) is 11.5. The summed E-state index contributed by atoms with van der Waals surface area (Å²) in [6.07, 6.45) is 1.05. The van der Waals surface area contributed by atoms with Crippen LogP contribution in [0.3, 0.4) is 0 Å². The summed E-state index contributed by atoms with van der Waals surface area (Å²) in [5.74, 6) is 1.62. The lowest BCUT2D eigenvalue weighted by atomic mass is 9.92. The second-order valence-corrected chi connectivity index (χ2v) is 5.69. The van der Waals surface area contributed by atoms with E-state index in [2.05, 4.69) is 42.1 Å². The molecular weight excluding hydrogens is 244 g/mol. The molecule has 0 atom stereocenters. The third-order valence-corrected chi connectivity index (χ3v) is 2.56. The van der Waals surface area contributed by atoms with E-state index < -0.39 is 0 Å². The second-order valence-electron chi connectivity index (χ2n) is 5.69. The Labute approximate surface area is 111 Å². The summed E-state index contributed by atoms with van der Waals surface area (Å²) in [4.78, 5) is 4.31. The van der Waals surface area contributed by atoms with E-state index in [9.17, 15) is 0 Å². The molecule has 100 valence electrons. The molecule has 6 nitrogen and oxygen atoms in total. The van der Waals surface area contributed by atoms with Gasteiger partial charge in [-0.05, 0) is 12.3 Å². The molecule has 0 saturated heterocycles. The highest BCUT2D eigenvalue weighted by atomic mass is 16.5. The van der Waals surface area contributed by atoms with Crippen LogP contribution in [0.25, 0.3) is 0 Å². The van der Waals surface area contributed by atoms with Gasteiger partial charge in [-0.3, -0.25) is 0 Å². The molecule has 0 fully saturated rings. The first-order chi connectivity index (χ1) is 8.89. The maximum atomic E-state index is 9.01. The Bertz CT molecular complexity index is 613. The van der Waals surface area contributed by atoms with Crippen molar-refractivity contribution in [3.63, 3.8) is 0 Å². The molecule has 0 spiro atoms. The van der Waals surface area contributed by atoms with Gasteiger partial charge in [0.1, 0.15) is 17.3 Å². The molecule has 0 aliphatic heterocycles. The van der Waals surface area contributed by atoms with Crippen LogP contribution in [0.1, 0.15) is 49.5 Å². The SMILES string of the molecule is Cc1onc(Cc2nc(CC(C)(C)C)no2)c1C#N. The molecule has 0 aliphatic rings. The summed E-state index contributed by atoms with van der Waals surface area (Å²) < 4.78 is 10.2. The van der Waals surface area contributed by atoms with Crippen molar-refractivity contribution >= 4 is 0 Å². The molecule has 2 aromatic heterocycles. The van der Waals surface area contributed by atoms with Crippen molar-refractivity contribution in [2.75, 3.05) is 0 Å². The first kappa shape index (κ1) is 13.3. The molecule has 0 aliphatic carbocycles. The zero-order chi connectivity index (χ0) is 14.0. The van der Waals surface area contributed by atoms with E-state index in [-0.39, 0.29) is 5.41 Å². The molecule has 0 unspecified atom stereocenters. The van der Waals surface area contributed by atoms with E-state index in [1.807, 2.05) is 0 Å². The van der Waals surface area contributed by atoms with Gasteiger partial charge in [-0.15, -0.1) is 0 Å². The van der Waals surface area contributed by atoms with Gasteiger partial charge in [-0.25, -0.2) is 0 Å². The third kappa shape index (κ3) is 3.19. The van der Waals surface area contributed by atoms with Gasteiger partial charge < -0.3 is 9.05 Å². The predicted octanol–water partition coefficient (Wildman–Crippen LogP) is 2.42. The van der Waals surface area contributed by atoms with Crippen molar-refractivity contribution in [1.82, 2.24) is 15.3 Å². The molecule has 2 rings (SSSR count). The van der Waals surface area contributed by atoms with Crippen LogP contribution in [0.15, 0.2) is 9.05 Å². The highest BCUT2D eigenvalue weighted by Crippen LogP contribution is 2.20. The van der Waals surface area contributed by atoms with Crippen molar-refractivity contribution < 1.29 is 9.05 Å². The highest BCUT2D eigenvalue weighted by molar-refractivity contribution is 5.36. The molecule has 0 aromatic carbocycles. The first-order valence-electron chi connectivity index (χ1n) is 6.06. The molecule has 0 amide bonds. The average Bonchev–Trinajstić information content (AvgIpc) is 2.85. The van der Waals surface area contributed by atoms with E-state index in [0.717, 1.165) is 6.42 Å². The first-order valence-corrected chi connectivity index (χ1v) is 6.06. The smallest absolute Gasteiger partial charge is 0.232 e. The van der Waals surface area contributed by atoms with Crippen LogP contribution in [0.2, 0.25) is 0 Å².